The van der Waals surface area contributed by atoms with Crippen LogP contribution in [0.4, 0.5) is 5.69 Å². The first-order valence-electron chi connectivity index (χ1n) is 8.66. The highest BCUT2D eigenvalue weighted by atomic mass is 35.5. The normalized spacial score (nSPS) is 32.3. The van der Waals surface area contributed by atoms with E-state index >= 15 is 0 Å². The van der Waals surface area contributed by atoms with E-state index in [0.717, 1.165) is 18.5 Å². The van der Waals surface area contributed by atoms with Crippen molar-refractivity contribution in [2.75, 3.05) is 18.1 Å². The second-order valence-electron chi connectivity index (χ2n) is 6.83. The molecule has 2 saturated heterocycles. The molecule has 3 heterocycles. The van der Waals surface area contributed by atoms with E-state index in [0.29, 0.717) is 18.2 Å². The fourth-order valence-corrected chi connectivity index (χ4v) is 4.23. The highest BCUT2D eigenvalue weighted by molar-refractivity contribution is 6.31. The van der Waals surface area contributed by atoms with E-state index in [1.165, 1.54) is 0 Å². The maximum Gasteiger partial charge on any atom is 0.312 e. The molecular formula is C19H20ClNO4. The minimum atomic E-state index is -0.738. The zero-order valence-corrected chi connectivity index (χ0v) is 14.7. The minimum Gasteiger partial charge on any atom is -0.465 e. The summed E-state index contributed by atoms with van der Waals surface area (Å²) in [6, 6.07) is 7.16. The van der Waals surface area contributed by atoms with Gasteiger partial charge in [-0.25, -0.2) is 0 Å². The summed E-state index contributed by atoms with van der Waals surface area (Å²) < 4.78 is 11.5. The van der Waals surface area contributed by atoms with Gasteiger partial charge in [-0.3, -0.25) is 9.59 Å². The molecule has 2 fully saturated rings. The largest absolute Gasteiger partial charge is 0.465 e. The summed E-state index contributed by atoms with van der Waals surface area (Å²) in [6.45, 7) is 2.81. The molecule has 4 atom stereocenters. The molecule has 5 nitrogen and oxygen atoms in total. The number of hydrogen-bond donors (Lipinski definition) is 0. The van der Waals surface area contributed by atoms with Crippen molar-refractivity contribution in [3.8, 4) is 0 Å². The Bertz CT molecular complexity index is 749. The average Bonchev–Trinajstić information content (AvgIpc) is 3.23. The zero-order valence-electron chi connectivity index (χ0n) is 14.0. The Labute approximate surface area is 151 Å². The number of ether oxygens (including phenoxy) is 2. The van der Waals surface area contributed by atoms with Crippen LogP contribution >= 0.6 is 11.6 Å². The van der Waals surface area contributed by atoms with Gasteiger partial charge in [-0.1, -0.05) is 43.2 Å². The minimum absolute atomic E-state index is 0.105. The average molecular weight is 362 g/mol. The van der Waals surface area contributed by atoms with Crippen molar-refractivity contribution in [2.24, 2.45) is 11.8 Å². The molecule has 1 aromatic carbocycles. The third-order valence-corrected chi connectivity index (χ3v) is 5.47. The van der Waals surface area contributed by atoms with Gasteiger partial charge >= 0.3 is 5.97 Å². The molecule has 1 aromatic rings. The van der Waals surface area contributed by atoms with Crippen LogP contribution in [0.25, 0.3) is 0 Å². The number of rotatable bonds is 5. The van der Waals surface area contributed by atoms with Gasteiger partial charge in [0.25, 0.3) is 0 Å². The van der Waals surface area contributed by atoms with Crippen molar-refractivity contribution in [1.29, 1.82) is 0 Å². The quantitative estimate of drug-likeness (QED) is 0.459. The van der Waals surface area contributed by atoms with E-state index in [-0.39, 0.29) is 18.0 Å². The summed E-state index contributed by atoms with van der Waals surface area (Å²) in [5.41, 5.74) is -0.0155. The number of carbonyl (C=O) groups excluding carboxylic acids is 2. The predicted octanol–water partition coefficient (Wildman–Crippen LogP) is 2.97. The molecule has 0 aromatic heterocycles. The molecule has 0 saturated carbocycles. The molecule has 0 radical (unpaired) electrons. The number of benzene rings is 1. The van der Waals surface area contributed by atoms with Gasteiger partial charge < -0.3 is 14.4 Å². The smallest absolute Gasteiger partial charge is 0.312 e. The topological polar surface area (TPSA) is 55.8 Å². The van der Waals surface area contributed by atoms with Crippen LogP contribution in [0, 0.1) is 11.8 Å². The SMILES string of the molecule is CCCCOC(=O)[C@H]1[C@H]2C(=O)N(c3cccc(Cl)c3)C[C@@]23C=C[C@H]1O3. The second-order valence-corrected chi connectivity index (χ2v) is 7.26. The van der Waals surface area contributed by atoms with Crippen molar-refractivity contribution in [3.63, 3.8) is 0 Å². The summed E-state index contributed by atoms with van der Waals surface area (Å²) in [7, 11) is 0. The Morgan fingerprint density at radius 1 is 1.48 bits per heavy atom. The van der Waals surface area contributed by atoms with Gasteiger partial charge in [0, 0.05) is 10.7 Å². The number of fused-ring (bicyclic) bond motifs is 1. The number of esters is 1. The lowest BCUT2D eigenvalue weighted by Gasteiger charge is -2.22. The third kappa shape index (κ3) is 2.57. The van der Waals surface area contributed by atoms with Gasteiger partial charge in [0.1, 0.15) is 11.5 Å². The first kappa shape index (κ1) is 16.6. The molecular weight excluding hydrogens is 342 g/mol. The molecule has 6 heteroatoms. The van der Waals surface area contributed by atoms with Crippen LogP contribution in [-0.4, -0.2) is 36.7 Å². The number of amides is 1. The molecule has 0 N–H and O–H groups in total. The van der Waals surface area contributed by atoms with Crippen LogP contribution < -0.4 is 4.90 Å². The Kier molecular flexibility index (Phi) is 4.08. The highest BCUT2D eigenvalue weighted by Gasteiger charge is 2.67. The fraction of sp³-hybridized carbons (Fsp3) is 0.474. The summed E-state index contributed by atoms with van der Waals surface area (Å²) >= 11 is 6.06. The van der Waals surface area contributed by atoms with E-state index in [1.54, 1.807) is 23.1 Å². The van der Waals surface area contributed by atoms with Crippen LogP contribution in [0.2, 0.25) is 5.02 Å². The van der Waals surface area contributed by atoms with Gasteiger partial charge in [-0.15, -0.1) is 0 Å². The summed E-state index contributed by atoms with van der Waals surface area (Å²) in [5.74, 6) is -1.54. The van der Waals surface area contributed by atoms with E-state index < -0.39 is 17.4 Å². The molecule has 3 aliphatic heterocycles. The monoisotopic (exact) mass is 361 g/mol. The van der Waals surface area contributed by atoms with Crippen molar-refractivity contribution in [1.82, 2.24) is 0 Å². The van der Waals surface area contributed by atoms with Gasteiger partial charge in [0.15, 0.2) is 0 Å². The lowest BCUT2D eigenvalue weighted by atomic mass is 9.77. The molecule has 132 valence electrons. The number of hydrogen-bond acceptors (Lipinski definition) is 4. The fourth-order valence-electron chi connectivity index (χ4n) is 4.04. The van der Waals surface area contributed by atoms with Crippen LogP contribution in [0.15, 0.2) is 36.4 Å². The number of carbonyl (C=O) groups is 2. The van der Waals surface area contributed by atoms with Crippen LogP contribution in [0.5, 0.6) is 0 Å². The first-order valence-corrected chi connectivity index (χ1v) is 9.04. The van der Waals surface area contributed by atoms with Gasteiger partial charge in [0.2, 0.25) is 5.91 Å². The van der Waals surface area contributed by atoms with Gasteiger partial charge in [0.05, 0.1) is 25.2 Å². The molecule has 1 amide bonds. The number of nitrogens with zero attached hydrogens (tertiary/aromatic N) is 1. The van der Waals surface area contributed by atoms with Crippen molar-refractivity contribution < 1.29 is 19.1 Å². The van der Waals surface area contributed by atoms with Crippen molar-refractivity contribution in [3.05, 3.63) is 41.4 Å². The van der Waals surface area contributed by atoms with Gasteiger partial charge in [-0.2, -0.15) is 0 Å². The van der Waals surface area contributed by atoms with E-state index in [9.17, 15) is 9.59 Å². The molecule has 1 spiro atoms. The Morgan fingerprint density at radius 2 is 2.32 bits per heavy atom. The highest BCUT2D eigenvalue weighted by Crippen LogP contribution is 2.53. The van der Waals surface area contributed by atoms with Crippen LogP contribution in [-0.2, 0) is 19.1 Å². The molecule has 0 unspecified atom stereocenters. The van der Waals surface area contributed by atoms with Crippen molar-refractivity contribution in [2.45, 2.75) is 31.5 Å². The van der Waals surface area contributed by atoms with Crippen molar-refractivity contribution >= 4 is 29.2 Å². The zero-order chi connectivity index (χ0) is 17.6. The summed E-state index contributed by atoms with van der Waals surface area (Å²) in [5, 5.41) is 0.566. The predicted molar refractivity (Wildman–Crippen MR) is 93.4 cm³/mol. The Hall–Kier alpha value is -1.85. The molecule has 25 heavy (non-hydrogen) atoms. The first-order chi connectivity index (χ1) is 12.1. The van der Waals surface area contributed by atoms with E-state index in [2.05, 4.69) is 0 Å². The maximum absolute atomic E-state index is 13.1. The molecule has 3 aliphatic rings. The number of anilines is 1. The van der Waals surface area contributed by atoms with Gasteiger partial charge in [-0.05, 0) is 24.6 Å². The lowest BCUT2D eigenvalue weighted by molar-refractivity contribution is -0.152. The van der Waals surface area contributed by atoms with Crippen LogP contribution in [0.3, 0.4) is 0 Å². The standard InChI is InChI=1S/C19H20ClNO4/c1-2-3-9-24-18(23)15-14-7-8-19(25-14)11-21(17(22)16(15)19)13-6-4-5-12(20)10-13/h4-8,10,14-16H,2-3,9,11H2,1H3/t14-,15-,16+,19+/m1/s1. The second kappa shape index (κ2) is 6.15. The van der Waals surface area contributed by atoms with Crippen LogP contribution in [0.1, 0.15) is 19.8 Å². The van der Waals surface area contributed by atoms with E-state index in [4.69, 9.17) is 21.1 Å². The Balaban J connectivity index is 1.60. The lowest BCUT2D eigenvalue weighted by Crippen LogP contribution is -2.40. The summed E-state index contributed by atoms with van der Waals surface area (Å²) in [6.07, 6.45) is 5.22. The molecule has 2 bridgehead atoms. The maximum atomic E-state index is 13.1. The number of halogens is 1. The van der Waals surface area contributed by atoms with E-state index in [1.807, 2.05) is 25.1 Å². The number of unbranched alkanes of at least 4 members (excludes halogenated alkanes) is 1. The molecule has 0 aliphatic carbocycles. The molecule has 4 rings (SSSR count). The summed E-state index contributed by atoms with van der Waals surface area (Å²) in [4.78, 5) is 27.3. The third-order valence-electron chi connectivity index (χ3n) is 5.23. The Morgan fingerprint density at radius 3 is 3.08 bits per heavy atom.